The molecule has 0 fully saturated rings. The minimum atomic E-state index is -3.03. The Labute approximate surface area is 105 Å². The van der Waals surface area contributed by atoms with Crippen molar-refractivity contribution >= 4 is 9.84 Å². The second kappa shape index (κ2) is 3.84. The van der Waals surface area contributed by atoms with Crippen LogP contribution >= 0.6 is 0 Å². The number of rotatable bonds is 1. The first-order valence-corrected chi connectivity index (χ1v) is 7.43. The van der Waals surface area contributed by atoms with Gasteiger partial charge in [-0.3, -0.25) is 0 Å². The zero-order valence-corrected chi connectivity index (χ0v) is 10.4. The predicted molar refractivity (Wildman–Crippen MR) is 66.4 cm³/mol. The lowest BCUT2D eigenvalue weighted by Crippen LogP contribution is -2.20. The molecule has 1 aromatic carbocycles. The zero-order valence-electron chi connectivity index (χ0n) is 9.57. The number of aryl methyl sites for hydroxylation is 1. The summed E-state index contributed by atoms with van der Waals surface area (Å²) in [4.78, 5) is 0. The number of hydrogen-bond donors (Lipinski definition) is 1. The summed E-state index contributed by atoms with van der Waals surface area (Å²) < 4.78 is 24.9. The van der Waals surface area contributed by atoms with Gasteiger partial charge in [-0.15, -0.1) is 0 Å². The first-order chi connectivity index (χ1) is 8.55. The molecule has 1 N–H and O–H groups in total. The number of nitrogens with zero attached hydrogens (tertiary/aromatic N) is 2. The quantitative estimate of drug-likeness (QED) is 0.835. The molecule has 5 nitrogen and oxygen atoms in total. The van der Waals surface area contributed by atoms with Crippen molar-refractivity contribution in [3.8, 4) is 11.4 Å². The third-order valence-electron chi connectivity index (χ3n) is 3.07. The highest BCUT2D eigenvalue weighted by atomic mass is 32.2. The van der Waals surface area contributed by atoms with Gasteiger partial charge < -0.3 is 5.11 Å². The average molecular weight is 264 g/mol. The molecule has 1 aromatic heterocycles. The molecule has 18 heavy (non-hydrogen) atoms. The lowest BCUT2D eigenvalue weighted by molar-refractivity contribution is 0.474. The third kappa shape index (κ3) is 1.88. The third-order valence-corrected chi connectivity index (χ3v) is 4.61. The highest BCUT2D eigenvalue weighted by Crippen LogP contribution is 2.24. The summed E-state index contributed by atoms with van der Waals surface area (Å²) in [6, 6.07) is 6.62. The van der Waals surface area contributed by atoms with E-state index in [4.69, 9.17) is 0 Å². The van der Waals surface area contributed by atoms with Gasteiger partial charge in [0.1, 0.15) is 5.75 Å². The van der Waals surface area contributed by atoms with Crippen LogP contribution in [0.4, 0.5) is 0 Å². The van der Waals surface area contributed by atoms with E-state index in [9.17, 15) is 13.5 Å². The van der Waals surface area contributed by atoms with Crippen LogP contribution in [0.1, 0.15) is 11.3 Å². The van der Waals surface area contributed by atoms with E-state index in [0.29, 0.717) is 17.8 Å². The van der Waals surface area contributed by atoms with E-state index in [1.165, 1.54) is 0 Å². The molecule has 1 aliphatic heterocycles. The number of aromatic nitrogens is 2. The van der Waals surface area contributed by atoms with Crippen molar-refractivity contribution in [1.82, 2.24) is 9.78 Å². The fourth-order valence-corrected chi connectivity index (χ4v) is 3.56. The van der Waals surface area contributed by atoms with Gasteiger partial charge in [-0.25, -0.2) is 13.1 Å². The molecule has 0 amide bonds. The highest BCUT2D eigenvalue weighted by Gasteiger charge is 2.25. The van der Waals surface area contributed by atoms with Crippen molar-refractivity contribution in [2.45, 2.75) is 12.2 Å². The van der Waals surface area contributed by atoms with Crippen molar-refractivity contribution in [3.63, 3.8) is 0 Å². The molecule has 2 aromatic rings. The van der Waals surface area contributed by atoms with E-state index >= 15 is 0 Å². The Hall–Kier alpha value is -1.82. The van der Waals surface area contributed by atoms with Gasteiger partial charge in [0.05, 0.1) is 29.1 Å². The van der Waals surface area contributed by atoms with Gasteiger partial charge >= 0.3 is 0 Å². The lowest BCUT2D eigenvalue weighted by Gasteiger charge is -2.14. The van der Waals surface area contributed by atoms with Crippen LogP contribution in [0, 0.1) is 0 Å². The molecule has 0 aliphatic carbocycles. The van der Waals surface area contributed by atoms with Crippen LogP contribution in [0.5, 0.6) is 5.75 Å². The monoisotopic (exact) mass is 264 g/mol. The van der Waals surface area contributed by atoms with Gasteiger partial charge in [-0.05, 0) is 24.1 Å². The van der Waals surface area contributed by atoms with Gasteiger partial charge in [0, 0.05) is 6.07 Å². The highest BCUT2D eigenvalue weighted by molar-refractivity contribution is 7.90. The van der Waals surface area contributed by atoms with Crippen molar-refractivity contribution in [1.29, 1.82) is 0 Å². The van der Waals surface area contributed by atoms with E-state index < -0.39 is 9.84 Å². The van der Waals surface area contributed by atoms with Crippen LogP contribution in [-0.2, 0) is 22.0 Å². The maximum Gasteiger partial charge on any atom is 0.156 e. The molecule has 0 atom stereocenters. The number of phenols is 1. The molecule has 0 bridgehead atoms. The molecule has 2 heterocycles. The fourth-order valence-electron chi connectivity index (χ4n) is 2.16. The molecule has 0 saturated heterocycles. The van der Waals surface area contributed by atoms with E-state index in [2.05, 4.69) is 5.10 Å². The number of aromatic hydroxyl groups is 1. The van der Waals surface area contributed by atoms with Gasteiger partial charge in [0.15, 0.2) is 9.84 Å². The second-order valence-corrected chi connectivity index (χ2v) is 6.57. The molecular weight excluding hydrogens is 252 g/mol. The predicted octanol–water partition coefficient (Wildman–Crippen LogP) is 1.05. The minimum Gasteiger partial charge on any atom is -0.508 e. The summed E-state index contributed by atoms with van der Waals surface area (Å²) in [5, 5.41) is 13.7. The van der Waals surface area contributed by atoms with Crippen LogP contribution in [0.15, 0.2) is 30.5 Å². The molecule has 0 saturated carbocycles. The Bertz CT molecular complexity index is 704. The first kappa shape index (κ1) is 11.3. The summed E-state index contributed by atoms with van der Waals surface area (Å²) >= 11 is 0. The number of hydrogen-bond acceptors (Lipinski definition) is 4. The lowest BCUT2D eigenvalue weighted by atomic mass is 10.2. The molecule has 0 spiro atoms. The van der Waals surface area contributed by atoms with E-state index in [1.54, 1.807) is 35.1 Å². The maximum absolute atomic E-state index is 11.7. The smallest absolute Gasteiger partial charge is 0.156 e. The topological polar surface area (TPSA) is 72.2 Å². The summed E-state index contributed by atoms with van der Waals surface area (Å²) in [5.74, 6) is 0.333. The van der Waals surface area contributed by atoms with Gasteiger partial charge in [-0.2, -0.15) is 5.10 Å². The molecule has 94 valence electrons. The number of phenolic OH excluding ortho intramolecular Hbond substituents is 1. The Balaban J connectivity index is 2.13. The number of fused-ring (bicyclic) bond motifs is 1. The standard InChI is InChI=1S/C12H12N2O3S/c15-11-3-1-2-10(6-11)14-12-8-18(16,17)5-4-9(12)7-13-14/h1-3,6-7,15H,4-5,8H2. The normalized spacial score (nSPS) is 17.3. The van der Waals surface area contributed by atoms with E-state index in [0.717, 1.165) is 5.56 Å². The number of benzene rings is 1. The van der Waals surface area contributed by atoms with Crippen molar-refractivity contribution in [2.24, 2.45) is 0 Å². The minimum absolute atomic E-state index is 0.0119. The van der Waals surface area contributed by atoms with Gasteiger partial charge in [0.25, 0.3) is 0 Å². The van der Waals surface area contributed by atoms with Crippen LogP contribution in [-0.4, -0.2) is 29.1 Å². The molecule has 6 heteroatoms. The summed E-state index contributed by atoms with van der Waals surface area (Å²) in [5.41, 5.74) is 2.34. The molecular formula is C12H12N2O3S. The van der Waals surface area contributed by atoms with Crippen LogP contribution in [0.3, 0.4) is 0 Å². The van der Waals surface area contributed by atoms with Gasteiger partial charge in [-0.1, -0.05) is 6.07 Å². The SMILES string of the molecule is O=S1(=O)CCc2cnn(-c3cccc(O)c3)c2C1. The van der Waals surface area contributed by atoms with E-state index in [1.807, 2.05) is 0 Å². The molecule has 0 unspecified atom stereocenters. The van der Waals surface area contributed by atoms with Crippen LogP contribution in [0.25, 0.3) is 5.69 Å². The molecule has 1 aliphatic rings. The van der Waals surface area contributed by atoms with Crippen LogP contribution < -0.4 is 0 Å². The summed E-state index contributed by atoms with van der Waals surface area (Å²) in [6.45, 7) is 0. The van der Waals surface area contributed by atoms with Crippen molar-refractivity contribution in [3.05, 3.63) is 41.7 Å². The largest absolute Gasteiger partial charge is 0.508 e. The van der Waals surface area contributed by atoms with Crippen molar-refractivity contribution < 1.29 is 13.5 Å². The van der Waals surface area contributed by atoms with E-state index in [-0.39, 0.29) is 17.3 Å². The Kier molecular flexibility index (Phi) is 2.41. The van der Waals surface area contributed by atoms with Gasteiger partial charge in [0.2, 0.25) is 0 Å². The molecule has 3 rings (SSSR count). The summed E-state index contributed by atoms with van der Waals surface area (Å²) in [6.07, 6.45) is 2.21. The first-order valence-electron chi connectivity index (χ1n) is 5.61. The maximum atomic E-state index is 11.7. The van der Waals surface area contributed by atoms with Crippen molar-refractivity contribution in [2.75, 3.05) is 5.75 Å². The molecule has 0 radical (unpaired) electrons. The second-order valence-electron chi connectivity index (χ2n) is 4.39. The Morgan fingerprint density at radius 1 is 1.33 bits per heavy atom. The average Bonchev–Trinajstić information content (AvgIpc) is 2.70. The number of sulfone groups is 1. The Morgan fingerprint density at radius 3 is 2.94 bits per heavy atom. The fraction of sp³-hybridized carbons (Fsp3) is 0.250. The summed E-state index contributed by atoms with van der Waals surface area (Å²) in [7, 11) is -3.03. The Morgan fingerprint density at radius 2 is 2.17 bits per heavy atom. The zero-order chi connectivity index (χ0) is 12.8. The van der Waals surface area contributed by atoms with Crippen LogP contribution in [0.2, 0.25) is 0 Å².